The van der Waals surface area contributed by atoms with Crippen molar-refractivity contribution in [2.45, 2.75) is 19.6 Å². The predicted molar refractivity (Wildman–Crippen MR) is 195 cm³/mol. The number of hydrogen-bond donors (Lipinski definition) is 0. The van der Waals surface area contributed by atoms with Crippen molar-refractivity contribution >= 4 is 51.7 Å². The van der Waals surface area contributed by atoms with Crippen LogP contribution in [0, 0.1) is 14.9 Å². The first kappa shape index (κ1) is 33.7. The molecule has 1 atom stereocenters. The number of benzene rings is 4. The van der Waals surface area contributed by atoms with Gasteiger partial charge in [-0.1, -0.05) is 72.0 Å². The van der Waals surface area contributed by atoms with Crippen LogP contribution in [-0.4, -0.2) is 31.4 Å². The van der Waals surface area contributed by atoms with Crippen molar-refractivity contribution in [1.82, 2.24) is 4.57 Å². The van der Waals surface area contributed by atoms with Crippen LogP contribution < -0.4 is 29.1 Å². The largest absolute Gasteiger partial charge is 0.497 e. The fourth-order valence-electron chi connectivity index (χ4n) is 5.56. The van der Waals surface area contributed by atoms with Gasteiger partial charge in [-0.2, -0.15) is 5.26 Å². The second kappa shape index (κ2) is 14.9. The van der Waals surface area contributed by atoms with Gasteiger partial charge in [0.25, 0.3) is 5.56 Å². The molecule has 49 heavy (non-hydrogen) atoms. The molecule has 11 heteroatoms. The maximum Gasteiger partial charge on any atom is 0.338 e. The van der Waals surface area contributed by atoms with Gasteiger partial charge in [-0.05, 0) is 77.0 Å². The first-order valence-corrected chi connectivity index (χ1v) is 17.2. The fraction of sp³-hybridized carbons (Fsp3) is 0.158. The molecule has 2 heterocycles. The summed E-state index contributed by atoms with van der Waals surface area (Å²) in [7, 11) is 3.13. The lowest BCUT2D eigenvalue weighted by Gasteiger charge is -2.26. The Morgan fingerprint density at radius 1 is 1.02 bits per heavy atom. The highest BCUT2D eigenvalue weighted by atomic mass is 127. The van der Waals surface area contributed by atoms with E-state index in [-0.39, 0.29) is 24.3 Å². The molecule has 0 saturated heterocycles. The zero-order valence-corrected chi connectivity index (χ0v) is 29.8. The van der Waals surface area contributed by atoms with Gasteiger partial charge in [0.1, 0.15) is 12.4 Å². The van der Waals surface area contributed by atoms with Crippen molar-refractivity contribution in [3.63, 3.8) is 0 Å². The zero-order chi connectivity index (χ0) is 34.5. The number of rotatable bonds is 10. The summed E-state index contributed by atoms with van der Waals surface area (Å²) in [4.78, 5) is 33.4. The summed E-state index contributed by atoms with van der Waals surface area (Å²) in [6.45, 7) is 2.09. The molecule has 0 spiro atoms. The van der Waals surface area contributed by atoms with E-state index in [2.05, 4.69) is 28.7 Å². The first-order valence-electron chi connectivity index (χ1n) is 15.3. The summed E-state index contributed by atoms with van der Waals surface area (Å²) in [5.74, 6) is 1.10. The normalized spacial score (nSPS) is 14.0. The number of nitriles is 1. The Balaban J connectivity index is 1.49. The molecule has 0 aliphatic carbocycles. The minimum atomic E-state index is -0.805. The van der Waals surface area contributed by atoms with E-state index in [1.165, 1.54) is 11.3 Å². The molecule has 0 unspecified atom stereocenters. The average Bonchev–Trinajstić information content (AvgIpc) is 3.44. The number of hydrogen-bond acceptors (Lipinski definition) is 9. The summed E-state index contributed by atoms with van der Waals surface area (Å²) < 4.78 is 25.5. The van der Waals surface area contributed by atoms with Crippen LogP contribution >= 0.6 is 33.9 Å². The summed E-state index contributed by atoms with van der Waals surface area (Å²) >= 11 is 3.41. The molecule has 0 radical (unpaired) electrons. The van der Waals surface area contributed by atoms with Crippen molar-refractivity contribution in [2.24, 2.45) is 4.99 Å². The van der Waals surface area contributed by atoms with Crippen molar-refractivity contribution < 1.29 is 23.7 Å². The number of nitrogens with zero attached hydrogens (tertiary/aromatic N) is 3. The molecule has 4 aromatic carbocycles. The van der Waals surface area contributed by atoms with Crippen LogP contribution in [0.15, 0.2) is 106 Å². The Labute approximate surface area is 300 Å². The second-order valence-corrected chi connectivity index (χ2v) is 13.0. The highest BCUT2D eigenvalue weighted by molar-refractivity contribution is 14.1. The second-order valence-electron chi connectivity index (χ2n) is 10.8. The van der Waals surface area contributed by atoms with Gasteiger partial charge in [0.05, 0.1) is 57.9 Å². The highest BCUT2D eigenvalue weighted by Crippen LogP contribution is 2.37. The molecule has 5 aromatic rings. The van der Waals surface area contributed by atoms with E-state index in [1.54, 1.807) is 56.1 Å². The zero-order valence-electron chi connectivity index (χ0n) is 26.8. The molecule has 6 rings (SSSR count). The smallest absolute Gasteiger partial charge is 0.338 e. The Morgan fingerprint density at radius 3 is 2.45 bits per heavy atom. The third kappa shape index (κ3) is 6.88. The number of esters is 1. The van der Waals surface area contributed by atoms with Crippen LogP contribution in [0.2, 0.25) is 0 Å². The molecule has 246 valence electrons. The predicted octanol–water partition coefficient (Wildman–Crippen LogP) is 6.01. The van der Waals surface area contributed by atoms with E-state index < -0.39 is 12.0 Å². The average molecular weight is 784 g/mol. The number of methoxy groups -OCH3 is 2. The van der Waals surface area contributed by atoms with Crippen molar-refractivity contribution in [2.75, 3.05) is 20.8 Å². The number of aromatic nitrogens is 1. The lowest BCUT2D eigenvalue weighted by Crippen LogP contribution is -2.40. The highest BCUT2D eigenvalue weighted by Gasteiger charge is 2.35. The first-order chi connectivity index (χ1) is 23.9. The van der Waals surface area contributed by atoms with Gasteiger partial charge in [-0.25, -0.2) is 9.79 Å². The van der Waals surface area contributed by atoms with Gasteiger partial charge in [0, 0.05) is 11.1 Å². The molecule has 1 aliphatic rings. The summed E-state index contributed by atoms with van der Waals surface area (Å²) in [5, 5.41) is 9.47. The van der Waals surface area contributed by atoms with E-state index in [4.69, 9.17) is 23.9 Å². The molecular weight excluding hydrogens is 753 g/mol. The van der Waals surface area contributed by atoms with Crippen molar-refractivity contribution in [3.05, 3.63) is 148 Å². The van der Waals surface area contributed by atoms with Gasteiger partial charge in [0.2, 0.25) is 0 Å². The maximum atomic E-state index is 14.3. The lowest BCUT2D eigenvalue weighted by atomic mass is 9.93. The Hall–Kier alpha value is -5.19. The Kier molecular flexibility index (Phi) is 10.3. The van der Waals surface area contributed by atoms with E-state index in [9.17, 15) is 14.9 Å². The van der Waals surface area contributed by atoms with Crippen LogP contribution in [0.25, 0.3) is 11.8 Å². The van der Waals surface area contributed by atoms with Crippen molar-refractivity contribution in [1.29, 1.82) is 5.26 Å². The van der Waals surface area contributed by atoms with Gasteiger partial charge >= 0.3 is 5.97 Å². The standard InChI is InChI=1S/C38H30IN3O6S/c1-4-47-37(44)32-33(24-10-6-5-7-11-24)41-38-42(34(32)25-14-16-28(45-2)17-15-25)36(43)31(49-38)20-23-18-29(39)35(30(19-23)46-3)48-22-27-13-9-8-12-26(27)21-40/h5-20,34H,4,22H2,1-3H3/b31-20-/t34-/m0/s1. The quantitative estimate of drug-likeness (QED) is 0.126. The lowest BCUT2D eigenvalue weighted by molar-refractivity contribution is -0.138. The number of thiazole rings is 1. The molecule has 0 amide bonds. The van der Waals surface area contributed by atoms with Gasteiger partial charge in [-0.15, -0.1) is 0 Å². The Bertz CT molecular complexity index is 2290. The van der Waals surface area contributed by atoms with Gasteiger partial charge in [0.15, 0.2) is 16.3 Å². The number of fused-ring (bicyclic) bond motifs is 1. The van der Waals surface area contributed by atoms with E-state index >= 15 is 0 Å². The Morgan fingerprint density at radius 2 is 1.76 bits per heavy atom. The van der Waals surface area contributed by atoms with Crippen LogP contribution in [-0.2, 0) is 16.1 Å². The number of ether oxygens (including phenoxy) is 4. The third-order valence-electron chi connectivity index (χ3n) is 7.86. The monoisotopic (exact) mass is 783 g/mol. The number of carbonyl (C=O) groups excluding carboxylic acids is 1. The van der Waals surface area contributed by atoms with Crippen LogP contribution in [0.4, 0.5) is 0 Å². The van der Waals surface area contributed by atoms with Gasteiger partial charge < -0.3 is 18.9 Å². The molecule has 1 aromatic heterocycles. The van der Waals surface area contributed by atoms with Crippen LogP contribution in [0.3, 0.4) is 0 Å². The van der Waals surface area contributed by atoms with Crippen molar-refractivity contribution in [3.8, 4) is 23.3 Å². The summed E-state index contributed by atoms with van der Waals surface area (Å²) in [6, 6.07) is 29.0. The topological polar surface area (TPSA) is 112 Å². The molecule has 0 fully saturated rings. The summed E-state index contributed by atoms with van der Waals surface area (Å²) in [6.07, 6.45) is 1.78. The van der Waals surface area contributed by atoms with E-state index in [1.807, 2.05) is 66.7 Å². The fourth-order valence-corrected chi connectivity index (χ4v) is 7.34. The molecule has 1 aliphatic heterocycles. The minimum Gasteiger partial charge on any atom is -0.497 e. The van der Waals surface area contributed by atoms with Crippen LogP contribution in [0.1, 0.15) is 40.8 Å². The molecule has 0 saturated carbocycles. The number of carbonyl (C=O) groups is 1. The molecular formula is C38H30IN3O6S. The third-order valence-corrected chi connectivity index (χ3v) is 9.65. The SMILES string of the molecule is CCOC(=O)C1=C(c2ccccc2)N=c2s/c(=C\c3cc(I)c(OCc4ccccc4C#N)c(OC)c3)c(=O)n2[C@H]1c1ccc(OC)cc1. The number of halogens is 1. The molecule has 0 N–H and O–H groups in total. The maximum absolute atomic E-state index is 14.3. The minimum absolute atomic E-state index is 0.162. The van der Waals surface area contributed by atoms with E-state index in [0.717, 1.165) is 14.7 Å². The molecule has 9 nitrogen and oxygen atoms in total. The molecule has 0 bridgehead atoms. The van der Waals surface area contributed by atoms with Gasteiger partial charge in [-0.3, -0.25) is 9.36 Å². The summed E-state index contributed by atoms with van der Waals surface area (Å²) in [5.41, 5.74) is 3.86. The van der Waals surface area contributed by atoms with Crippen LogP contribution in [0.5, 0.6) is 17.2 Å². The van der Waals surface area contributed by atoms with E-state index in [0.29, 0.717) is 49.0 Å².